The summed E-state index contributed by atoms with van der Waals surface area (Å²) < 4.78 is 32.8. The Morgan fingerprint density at radius 3 is 2.95 bits per heavy atom. The van der Waals surface area contributed by atoms with Crippen molar-refractivity contribution < 1.29 is 18.3 Å². The highest BCUT2D eigenvalue weighted by atomic mass is 19.1. The second kappa shape index (κ2) is 4.77. The van der Waals surface area contributed by atoms with Crippen LogP contribution in [0.5, 0.6) is 0 Å². The molecule has 0 bridgehead atoms. The first-order valence-electron chi connectivity index (χ1n) is 6.62. The highest BCUT2D eigenvalue weighted by Crippen LogP contribution is 2.43. The number of halogens is 2. The Bertz CT molecular complexity index is 635. The average Bonchev–Trinajstić information content (AvgIpc) is 2.44. The van der Waals surface area contributed by atoms with Gasteiger partial charge < -0.3 is 10.5 Å². The molecule has 1 fully saturated rings. The van der Waals surface area contributed by atoms with Crippen LogP contribution >= 0.6 is 0 Å². The fourth-order valence-electron chi connectivity index (χ4n) is 3.00. The van der Waals surface area contributed by atoms with Gasteiger partial charge in [-0.15, -0.1) is 0 Å². The number of rotatable bonds is 1. The minimum absolute atomic E-state index is 0.00507. The number of nitrogens with zero attached hydrogens (tertiary/aromatic N) is 2. The third-order valence-corrected chi connectivity index (χ3v) is 4.13. The molecule has 112 valence electrons. The maximum atomic E-state index is 14.2. The van der Waals surface area contributed by atoms with Crippen LogP contribution in [0, 0.1) is 17.6 Å². The Morgan fingerprint density at radius 2 is 2.24 bits per heavy atom. The van der Waals surface area contributed by atoms with Crippen molar-refractivity contribution in [3.63, 3.8) is 0 Å². The molecule has 2 heterocycles. The first-order chi connectivity index (χ1) is 9.95. The predicted octanol–water partition coefficient (Wildman–Crippen LogP) is 0.983. The van der Waals surface area contributed by atoms with Crippen LogP contribution in [0.3, 0.4) is 0 Å². The number of guanidine groups is 1. The first kappa shape index (κ1) is 13.9. The molecule has 2 unspecified atom stereocenters. The highest BCUT2D eigenvalue weighted by Gasteiger charge is 2.52. The highest BCUT2D eigenvalue weighted by molar-refractivity contribution is 6.00. The van der Waals surface area contributed by atoms with E-state index in [1.54, 1.807) is 0 Å². The summed E-state index contributed by atoms with van der Waals surface area (Å²) in [4.78, 5) is 18.0. The fraction of sp³-hybridized carbons (Fsp3) is 0.429. The van der Waals surface area contributed by atoms with E-state index >= 15 is 0 Å². The van der Waals surface area contributed by atoms with Crippen molar-refractivity contribution in [2.75, 3.05) is 20.3 Å². The minimum atomic E-state index is -1.22. The number of hydrogen-bond acceptors (Lipinski definition) is 4. The summed E-state index contributed by atoms with van der Waals surface area (Å²) >= 11 is 0. The zero-order valence-corrected chi connectivity index (χ0v) is 11.5. The molecule has 3 rings (SSSR count). The zero-order valence-electron chi connectivity index (χ0n) is 11.5. The van der Waals surface area contributed by atoms with Crippen LogP contribution in [-0.4, -0.2) is 37.0 Å². The largest absolute Gasteiger partial charge is 0.379 e. The van der Waals surface area contributed by atoms with Gasteiger partial charge in [-0.25, -0.2) is 13.8 Å². The monoisotopic (exact) mass is 295 g/mol. The Kier molecular flexibility index (Phi) is 3.16. The number of hydrogen-bond donors (Lipinski definition) is 1. The molecule has 2 aliphatic heterocycles. The molecule has 0 saturated carbocycles. The zero-order chi connectivity index (χ0) is 15.2. The lowest BCUT2D eigenvalue weighted by molar-refractivity contribution is -0.140. The van der Waals surface area contributed by atoms with E-state index in [0.717, 1.165) is 12.1 Å². The van der Waals surface area contributed by atoms with Gasteiger partial charge in [-0.1, -0.05) is 6.07 Å². The molecule has 21 heavy (non-hydrogen) atoms. The second-order valence-corrected chi connectivity index (χ2v) is 5.31. The molecule has 2 aliphatic rings. The van der Waals surface area contributed by atoms with Gasteiger partial charge in [0.25, 0.3) is 0 Å². The molecule has 0 spiro atoms. The lowest BCUT2D eigenvalue weighted by Crippen LogP contribution is -2.58. The van der Waals surface area contributed by atoms with E-state index < -0.39 is 23.1 Å². The summed E-state index contributed by atoms with van der Waals surface area (Å²) in [5, 5.41) is 0. The predicted molar refractivity (Wildman–Crippen MR) is 71.4 cm³/mol. The average molecular weight is 295 g/mol. The van der Waals surface area contributed by atoms with Gasteiger partial charge in [0, 0.05) is 25.3 Å². The molecule has 1 aromatic carbocycles. The number of amides is 1. The van der Waals surface area contributed by atoms with Crippen molar-refractivity contribution >= 4 is 11.9 Å². The van der Waals surface area contributed by atoms with Crippen LogP contribution < -0.4 is 5.73 Å². The number of carbonyl (C=O) groups is 1. The molecule has 0 aliphatic carbocycles. The number of aliphatic imine (C=N–C) groups is 1. The quantitative estimate of drug-likeness (QED) is 0.840. The van der Waals surface area contributed by atoms with Crippen LogP contribution in [0.25, 0.3) is 0 Å². The van der Waals surface area contributed by atoms with Crippen LogP contribution in [0.4, 0.5) is 8.78 Å². The molecule has 1 amide bonds. The van der Waals surface area contributed by atoms with E-state index in [2.05, 4.69) is 4.99 Å². The van der Waals surface area contributed by atoms with Gasteiger partial charge in [-0.05, 0) is 12.5 Å². The summed E-state index contributed by atoms with van der Waals surface area (Å²) in [7, 11) is 1.53. The normalized spacial score (nSPS) is 29.1. The molecule has 1 saturated heterocycles. The number of carbonyl (C=O) groups excluding carboxylic acids is 1. The molecule has 5 nitrogen and oxygen atoms in total. The van der Waals surface area contributed by atoms with E-state index in [0.29, 0.717) is 13.0 Å². The van der Waals surface area contributed by atoms with Gasteiger partial charge in [0.05, 0.1) is 12.5 Å². The second-order valence-electron chi connectivity index (χ2n) is 5.31. The molecule has 2 N–H and O–H groups in total. The van der Waals surface area contributed by atoms with E-state index in [9.17, 15) is 13.6 Å². The van der Waals surface area contributed by atoms with Crippen molar-refractivity contribution in [1.82, 2.24) is 4.90 Å². The Labute approximate surface area is 120 Å². The van der Waals surface area contributed by atoms with Crippen molar-refractivity contribution in [2.24, 2.45) is 16.6 Å². The standard InChI is InChI=1S/C14H15F2N3O2/c1-19-12(20)10-4-5-21-7-14(10,18-13(19)17)9-3-2-8(15)6-11(9)16/h2-3,6,10H,4-5,7H2,1H3,(H2,17,18). The number of fused-ring (bicyclic) bond motifs is 1. The van der Waals surface area contributed by atoms with E-state index in [1.807, 2.05) is 0 Å². The number of nitrogens with two attached hydrogens (primary N) is 1. The Hall–Kier alpha value is -2.02. The van der Waals surface area contributed by atoms with Crippen molar-refractivity contribution in [3.05, 3.63) is 35.4 Å². The minimum Gasteiger partial charge on any atom is -0.379 e. The fourth-order valence-corrected chi connectivity index (χ4v) is 3.00. The van der Waals surface area contributed by atoms with Crippen LogP contribution in [-0.2, 0) is 15.1 Å². The number of ether oxygens (including phenoxy) is 1. The molecule has 0 radical (unpaired) electrons. The van der Waals surface area contributed by atoms with Crippen molar-refractivity contribution in [3.8, 4) is 0 Å². The molecule has 1 aromatic rings. The molecule has 7 heteroatoms. The van der Waals surface area contributed by atoms with E-state index in [4.69, 9.17) is 10.5 Å². The Morgan fingerprint density at radius 1 is 1.48 bits per heavy atom. The first-order valence-corrected chi connectivity index (χ1v) is 6.62. The summed E-state index contributed by atoms with van der Waals surface area (Å²) in [5.41, 5.74) is 4.70. The third kappa shape index (κ3) is 1.99. The van der Waals surface area contributed by atoms with Gasteiger partial charge >= 0.3 is 0 Å². The van der Waals surface area contributed by atoms with E-state index in [-0.39, 0.29) is 24.0 Å². The number of benzene rings is 1. The van der Waals surface area contributed by atoms with Crippen LogP contribution in [0.1, 0.15) is 12.0 Å². The lowest BCUT2D eigenvalue weighted by Gasteiger charge is -2.45. The molecule has 2 atom stereocenters. The molecular weight excluding hydrogens is 280 g/mol. The van der Waals surface area contributed by atoms with Crippen LogP contribution in [0.15, 0.2) is 23.2 Å². The lowest BCUT2D eigenvalue weighted by atomic mass is 9.74. The maximum absolute atomic E-state index is 14.2. The van der Waals surface area contributed by atoms with Crippen molar-refractivity contribution in [1.29, 1.82) is 0 Å². The summed E-state index contributed by atoms with van der Waals surface area (Å²) in [6, 6.07) is 3.24. The third-order valence-electron chi connectivity index (χ3n) is 4.13. The SMILES string of the molecule is CN1C(=O)C2CCOCC2(c2ccc(F)cc2F)N=C1N. The van der Waals surface area contributed by atoms with Gasteiger partial charge in [0.15, 0.2) is 5.96 Å². The van der Waals surface area contributed by atoms with Gasteiger partial charge in [-0.3, -0.25) is 9.69 Å². The summed E-state index contributed by atoms with van der Waals surface area (Å²) in [6.45, 7) is 0.435. The van der Waals surface area contributed by atoms with Crippen molar-refractivity contribution in [2.45, 2.75) is 12.0 Å². The van der Waals surface area contributed by atoms with Crippen LogP contribution in [0.2, 0.25) is 0 Å². The summed E-state index contributed by atoms with van der Waals surface area (Å²) in [5.74, 6) is -2.22. The van der Waals surface area contributed by atoms with Gasteiger partial charge in [0.1, 0.15) is 17.2 Å². The topological polar surface area (TPSA) is 67.9 Å². The molecular formula is C14H15F2N3O2. The maximum Gasteiger partial charge on any atom is 0.235 e. The van der Waals surface area contributed by atoms with Gasteiger partial charge in [-0.2, -0.15) is 0 Å². The Balaban J connectivity index is 2.20. The summed E-state index contributed by atoms with van der Waals surface area (Å²) in [6.07, 6.45) is 0.413. The van der Waals surface area contributed by atoms with Gasteiger partial charge in [0.2, 0.25) is 5.91 Å². The van der Waals surface area contributed by atoms with E-state index in [1.165, 1.54) is 18.0 Å². The smallest absolute Gasteiger partial charge is 0.235 e. The molecule has 0 aromatic heterocycles.